The molecule has 0 radical (unpaired) electrons. The fourth-order valence-corrected chi connectivity index (χ4v) is 3.84. The van der Waals surface area contributed by atoms with Gasteiger partial charge in [-0.25, -0.2) is 0 Å². The highest BCUT2D eigenvalue weighted by atomic mass is 35.5. The van der Waals surface area contributed by atoms with Crippen LogP contribution >= 0.6 is 46.4 Å². The van der Waals surface area contributed by atoms with Gasteiger partial charge in [-0.3, -0.25) is 4.79 Å². The molecule has 0 heterocycles. The molecule has 1 fully saturated rings. The van der Waals surface area contributed by atoms with Crippen molar-refractivity contribution in [2.75, 3.05) is 0 Å². The third kappa shape index (κ3) is 4.12. The lowest BCUT2D eigenvalue weighted by Gasteiger charge is -2.17. The smallest absolute Gasteiger partial charge is 0.185 e. The zero-order valence-electron chi connectivity index (χ0n) is 13.2. The van der Waals surface area contributed by atoms with Crippen LogP contribution < -0.4 is 0 Å². The second-order valence-electron chi connectivity index (χ2n) is 5.79. The third-order valence-electron chi connectivity index (χ3n) is 4.11. The van der Waals surface area contributed by atoms with E-state index >= 15 is 0 Å². The first-order valence-corrected chi connectivity index (χ1v) is 9.32. The standard InChI is InChI=1S/C20H14Cl4O/c21-16-6-2-7-17(22)14(16)10-12-4-1-5-13(20(12)25)11-15-18(23)8-3-9-19(15)24/h2-3,6-11H,1,4-5H2/b12-10+,13-11?. The summed E-state index contributed by atoms with van der Waals surface area (Å²) in [5.41, 5.74) is 2.73. The first-order valence-electron chi connectivity index (χ1n) is 7.81. The Morgan fingerprint density at radius 2 is 1.04 bits per heavy atom. The Bertz CT molecular complexity index is 785. The number of carbonyl (C=O) groups excluding carboxylic acids is 1. The quantitative estimate of drug-likeness (QED) is 0.467. The normalized spacial score (nSPS) is 18.2. The van der Waals surface area contributed by atoms with E-state index in [-0.39, 0.29) is 5.78 Å². The van der Waals surface area contributed by atoms with Crippen molar-refractivity contribution in [3.63, 3.8) is 0 Å². The fraction of sp³-hybridized carbons (Fsp3) is 0.150. The van der Waals surface area contributed by atoms with E-state index in [0.29, 0.717) is 55.2 Å². The lowest BCUT2D eigenvalue weighted by molar-refractivity contribution is -0.112. The number of Topliss-reactive ketones (excluding diaryl/α,β-unsaturated/α-hetero) is 1. The van der Waals surface area contributed by atoms with Crippen molar-refractivity contribution in [1.29, 1.82) is 0 Å². The van der Waals surface area contributed by atoms with E-state index in [4.69, 9.17) is 46.4 Å². The molecule has 0 aliphatic heterocycles. The summed E-state index contributed by atoms with van der Waals surface area (Å²) >= 11 is 24.9. The minimum atomic E-state index is -0.0155. The summed E-state index contributed by atoms with van der Waals surface area (Å²) in [5.74, 6) is -0.0155. The number of ketones is 1. The molecule has 0 bridgehead atoms. The lowest BCUT2D eigenvalue weighted by atomic mass is 9.87. The van der Waals surface area contributed by atoms with Gasteiger partial charge in [-0.15, -0.1) is 0 Å². The highest BCUT2D eigenvalue weighted by molar-refractivity contribution is 6.38. The van der Waals surface area contributed by atoms with Crippen molar-refractivity contribution in [2.45, 2.75) is 19.3 Å². The molecule has 1 saturated carbocycles. The van der Waals surface area contributed by atoms with Crippen LogP contribution in [0.5, 0.6) is 0 Å². The predicted molar refractivity (Wildman–Crippen MR) is 108 cm³/mol. The molecule has 0 N–H and O–H groups in total. The minimum Gasteiger partial charge on any atom is -0.289 e. The Kier molecular flexibility index (Phi) is 5.91. The zero-order valence-corrected chi connectivity index (χ0v) is 16.2. The Morgan fingerprint density at radius 3 is 1.40 bits per heavy atom. The summed E-state index contributed by atoms with van der Waals surface area (Å²) in [7, 11) is 0. The zero-order chi connectivity index (χ0) is 18.0. The molecule has 3 rings (SSSR count). The van der Waals surface area contributed by atoms with Crippen molar-refractivity contribution in [2.24, 2.45) is 0 Å². The second kappa shape index (κ2) is 7.97. The molecule has 1 nitrogen and oxygen atoms in total. The molecule has 25 heavy (non-hydrogen) atoms. The van der Waals surface area contributed by atoms with E-state index in [1.54, 1.807) is 48.6 Å². The van der Waals surface area contributed by atoms with Crippen molar-refractivity contribution in [3.05, 3.63) is 78.8 Å². The molecule has 128 valence electrons. The summed E-state index contributed by atoms with van der Waals surface area (Å²) in [5, 5.41) is 2.10. The molecule has 0 aromatic heterocycles. The molecule has 0 saturated heterocycles. The van der Waals surface area contributed by atoms with Gasteiger partial charge < -0.3 is 0 Å². The average Bonchev–Trinajstić information content (AvgIpc) is 2.57. The largest absolute Gasteiger partial charge is 0.289 e. The molecule has 1 aliphatic carbocycles. The van der Waals surface area contributed by atoms with Crippen LogP contribution in [0.4, 0.5) is 0 Å². The van der Waals surface area contributed by atoms with Crippen LogP contribution in [-0.4, -0.2) is 5.78 Å². The SMILES string of the molecule is O=C1C(=Cc2c(Cl)cccc2Cl)CCC/C1=C\c1c(Cl)cccc1Cl. The molecule has 2 aromatic rings. The molecule has 0 atom stereocenters. The number of halogens is 4. The van der Waals surface area contributed by atoms with Gasteiger partial charge in [0.05, 0.1) is 0 Å². The topological polar surface area (TPSA) is 17.1 Å². The first kappa shape index (κ1) is 18.5. The summed E-state index contributed by atoms with van der Waals surface area (Å²) in [6.07, 6.45) is 5.82. The molecule has 0 spiro atoms. The average molecular weight is 412 g/mol. The highest BCUT2D eigenvalue weighted by Crippen LogP contribution is 2.34. The summed E-state index contributed by atoms with van der Waals surface area (Å²) in [4.78, 5) is 12.9. The number of hydrogen-bond donors (Lipinski definition) is 0. The van der Waals surface area contributed by atoms with Crippen LogP contribution in [0.1, 0.15) is 30.4 Å². The number of carbonyl (C=O) groups is 1. The highest BCUT2D eigenvalue weighted by Gasteiger charge is 2.22. The van der Waals surface area contributed by atoms with Crippen molar-refractivity contribution >= 4 is 64.3 Å². The van der Waals surface area contributed by atoms with Gasteiger partial charge in [-0.2, -0.15) is 0 Å². The van der Waals surface area contributed by atoms with E-state index in [0.717, 1.165) is 6.42 Å². The fourth-order valence-electron chi connectivity index (χ4n) is 2.82. The molecule has 5 heteroatoms. The molecule has 0 amide bonds. The maximum atomic E-state index is 12.9. The summed E-state index contributed by atoms with van der Waals surface area (Å²) < 4.78 is 0. The van der Waals surface area contributed by atoms with E-state index in [1.807, 2.05) is 0 Å². The Labute approximate surface area is 166 Å². The molecule has 1 aliphatic rings. The van der Waals surface area contributed by atoms with Crippen molar-refractivity contribution < 1.29 is 4.79 Å². The molecular formula is C20H14Cl4O. The first-order chi connectivity index (χ1) is 12.0. The third-order valence-corrected chi connectivity index (χ3v) is 5.43. The summed E-state index contributed by atoms with van der Waals surface area (Å²) in [6, 6.07) is 10.6. The molecule has 0 unspecified atom stereocenters. The summed E-state index contributed by atoms with van der Waals surface area (Å²) in [6.45, 7) is 0. The monoisotopic (exact) mass is 410 g/mol. The number of allylic oxidation sites excluding steroid dienone is 2. The number of hydrogen-bond acceptors (Lipinski definition) is 1. The van der Waals surface area contributed by atoms with Crippen molar-refractivity contribution in [3.8, 4) is 0 Å². The minimum absolute atomic E-state index is 0.0155. The van der Waals surface area contributed by atoms with Gasteiger partial charge in [0.2, 0.25) is 0 Å². The van der Waals surface area contributed by atoms with E-state index in [1.165, 1.54) is 0 Å². The number of benzene rings is 2. The van der Waals surface area contributed by atoms with E-state index in [9.17, 15) is 4.79 Å². The predicted octanol–water partition coefficient (Wildman–Crippen LogP) is 7.52. The van der Waals surface area contributed by atoms with Gasteiger partial charge >= 0.3 is 0 Å². The molecule has 2 aromatic carbocycles. The number of rotatable bonds is 2. The van der Waals surface area contributed by atoms with Crippen molar-refractivity contribution in [1.82, 2.24) is 0 Å². The maximum Gasteiger partial charge on any atom is 0.185 e. The van der Waals surface area contributed by atoms with Gasteiger partial charge in [0, 0.05) is 42.4 Å². The van der Waals surface area contributed by atoms with Crippen LogP contribution in [0.3, 0.4) is 0 Å². The van der Waals surface area contributed by atoms with E-state index in [2.05, 4.69) is 0 Å². The van der Waals surface area contributed by atoms with Crippen LogP contribution in [0, 0.1) is 0 Å². The van der Waals surface area contributed by atoms with Crippen LogP contribution in [0.2, 0.25) is 20.1 Å². The van der Waals surface area contributed by atoms with Gasteiger partial charge in [0.15, 0.2) is 5.78 Å². The Hall–Kier alpha value is -1.25. The lowest BCUT2D eigenvalue weighted by Crippen LogP contribution is -2.12. The van der Waals surface area contributed by atoms with Gasteiger partial charge in [0.1, 0.15) is 0 Å². The second-order valence-corrected chi connectivity index (χ2v) is 7.42. The van der Waals surface area contributed by atoms with Gasteiger partial charge in [-0.1, -0.05) is 58.5 Å². The van der Waals surface area contributed by atoms with Crippen LogP contribution in [0.15, 0.2) is 47.5 Å². The Balaban J connectivity index is 1.99. The Morgan fingerprint density at radius 1 is 0.680 bits per heavy atom. The van der Waals surface area contributed by atoms with Gasteiger partial charge in [-0.05, 0) is 55.7 Å². The molecular weight excluding hydrogens is 398 g/mol. The van der Waals surface area contributed by atoms with Crippen LogP contribution in [0.25, 0.3) is 12.2 Å². The maximum absolute atomic E-state index is 12.9. The van der Waals surface area contributed by atoms with Gasteiger partial charge in [0.25, 0.3) is 0 Å². The van der Waals surface area contributed by atoms with Crippen LogP contribution in [-0.2, 0) is 4.79 Å². The van der Waals surface area contributed by atoms with E-state index < -0.39 is 0 Å².